The third kappa shape index (κ3) is 7.34. The lowest BCUT2D eigenvalue weighted by Gasteiger charge is -2.20. The summed E-state index contributed by atoms with van der Waals surface area (Å²) in [5, 5.41) is -0.125. The molecule has 0 spiro atoms. The fraction of sp³-hybridized carbons (Fsp3) is 1.00. The molecule has 0 aromatic heterocycles. The van der Waals surface area contributed by atoms with E-state index >= 15 is 0 Å². The largest absolute Gasteiger partial charge is 0.323 e. The summed E-state index contributed by atoms with van der Waals surface area (Å²) in [5.41, 5.74) is 0. The smallest absolute Gasteiger partial charge is 0.0915 e. The van der Waals surface area contributed by atoms with Gasteiger partial charge in [-0.15, -0.1) is 0 Å². The van der Waals surface area contributed by atoms with E-state index in [0.717, 1.165) is 0 Å². The van der Waals surface area contributed by atoms with Crippen molar-refractivity contribution in [3.05, 3.63) is 0 Å². The zero-order valence-electron chi connectivity index (χ0n) is 8.04. The van der Waals surface area contributed by atoms with Gasteiger partial charge < -0.3 is 9.13 Å². The van der Waals surface area contributed by atoms with Gasteiger partial charge in [-0.05, 0) is 33.6 Å². The lowest BCUT2D eigenvalue weighted by Crippen LogP contribution is -2.01. The van der Waals surface area contributed by atoms with Crippen molar-refractivity contribution in [1.82, 2.24) is 0 Å². The van der Waals surface area contributed by atoms with E-state index < -0.39 is 14.3 Å². The van der Waals surface area contributed by atoms with Gasteiger partial charge in [0, 0.05) is 37.2 Å². The Balaban J connectivity index is 0. The minimum Gasteiger partial charge on any atom is -0.323 e. The highest BCUT2D eigenvalue weighted by Crippen LogP contribution is 2.60. The average molecular weight is 436 g/mol. The normalized spacial score (nSPS) is 12.3. The van der Waals surface area contributed by atoms with Crippen molar-refractivity contribution in [2.24, 2.45) is 0 Å². The fourth-order valence-corrected chi connectivity index (χ4v) is 6.03. The Labute approximate surface area is 98.7 Å². The lowest BCUT2D eigenvalue weighted by atomic mass is 11.0. The number of hydrogen-bond acceptors (Lipinski definition) is 2. The molecular formula is C6H16I2O2P2. The molecule has 0 amide bonds. The molecule has 12 heavy (non-hydrogen) atoms. The molecule has 0 aliphatic carbocycles. The molecule has 0 fully saturated rings. The van der Waals surface area contributed by atoms with Crippen LogP contribution in [0.25, 0.3) is 0 Å². The van der Waals surface area contributed by atoms with Crippen LogP contribution in [0.4, 0.5) is 0 Å². The highest BCUT2D eigenvalue weighted by atomic mass is 128. The first-order valence-electron chi connectivity index (χ1n) is 3.39. The van der Waals surface area contributed by atoms with Crippen LogP contribution in [0.3, 0.4) is 0 Å². The van der Waals surface area contributed by atoms with E-state index in [0.29, 0.717) is 0 Å². The molecular weight excluding hydrogens is 420 g/mol. The van der Waals surface area contributed by atoms with Crippen molar-refractivity contribution in [3.8, 4) is 0 Å². The summed E-state index contributed by atoms with van der Waals surface area (Å²) in [6, 6.07) is 0. The van der Waals surface area contributed by atoms with Crippen molar-refractivity contribution in [1.29, 1.82) is 0 Å². The molecule has 2 nitrogen and oxygen atoms in total. The van der Waals surface area contributed by atoms with Gasteiger partial charge in [-0.3, -0.25) is 0 Å². The number of hydrogen-bond donors (Lipinski definition) is 0. The molecule has 0 saturated carbocycles. The number of halogens is 2. The van der Waals surface area contributed by atoms with Gasteiger partial charge in [0.05, 0.1) is 19.7 Å². The SMILES string of the molecule is CC(P(C)(C)=O)P(C)(C)=O.II. The van der Waals surface area contributed by atoms with Gasteiger partial charge in [0.25, 0.3) is 0 Å². The predicted octanol–water partition coefficient (Wildman–Crippen LogP) is 4.35. The van der Waals surface area contributed by atoms with Crippen LogP contribution in [0.1, 0.15) is 6.92 Å². The Kier molecular flexibility index (Phi) is 8.74. The molecule has 0 saturated heterocycles. The Morgan fingerprint density at radius 3 is 1.08 bits per heavy atom. The van der Waals surface area contributed by atoms with E-state index in [4.69, 9.17) is 0 Å². The first-order valence-corrected chi connectivity index (χ1v) is 15.0. The summed E-state index contributed by atoms with van der Waals surface area (Å²) in [6.45, 7) is 8.57. The molecule has 0 radical (unpaired) electrons. The molecule has 0 aromatic carbocycles. The van der Waals surface area contributed by atoms with Gasteiger partial charge in [0.1, 0.15) is 0 Å². The maximum Gasteiger partial charge on any atom is 0.0915 e. The van der Waals surface area contributed by atoms with Gasteiger partial charge in [-0.1, -0.05) is 0 Å². The second-order valence-electron chi connectivity index (χ2n) is 3.50. The molecule has 0 N–H and O–H groups in total. The second-order valence-corrected chi connectivity index (χ2v) is 11.2. The van der Waals surface area contributed by atoms with Crippen molar-refractivity contribution < 1.29 is 9.13 Å². The molecule has 0 aliphatic heterocycles. The average Bonchev–Trinajstić information content (AvgIpc) is 1.87. The summed E-state index contributed by atoms with van der Waals surface area (Å²) in [5.74, 6) is 0. The van der Waals surface area contributed by atoms with E-state index in [-0.39, 0.29) is 5.40 Å². The second kappa shape index (κ2) is 6.41. The topological polar surface area (TPSA) is 34.1 Å². The van der Waals surface area contributed by atoms with Gasteiger partial charge in [0.15, 0.2) is 0 Å². The fourth-order valence-electron chi connectivity index (χ4n) is 0.670. The molecule has 0 atom stereocenters. The Bertz CT molecular complexity index is 184. The van der Waals surface area contributed by atoms with Crippen LogP contribution in [0.2, 0.25) is 0 Å². The van der Waals surface area contributed by atoms with Gasteiger partial charge >= 0.3 is 0 Å². The Hall–Kier alpha value is 1.92. The highest BCUT2D eigenvalue weighted by Gasteiger charge is 2.28. The van der Waals surface area contributed by atoms with E-state index in [2.05, 4.69) is 37.2 Å². The van der Waals surface area contributed by atoms with E-state index in [1.807, 2.05) is 6.92 Å². The zero-order valence-corrected chi connectivity index (χ0v) is 14.1. The minimum absolute atomic E-state index is 0.125. The molecule has 0 unspecified atom stereocenters. The van der Waals surface area contributed by atoms with E-state index in [9.17, 15) is 9.13 Å². The zero-order chi connectivity index (χ0) is 10.6. The lowest BCUT2D eigenvalue weighted by molar-refractivity contribution is 0.570. The Morgan fingerprint density at radius 1 is 0.917 bits per heavy atom. The standard InChI is InChI=1S/C6H16O2P2.I2/c1-6(9(2,3)7)10(4,5)8;1-2/h6H,1-5H3;. The molecule has 0 aromatic rings. The van der Waals surface area contributed by atoms with Crippen molar-refractivity contribution >= 4 is 51.5 Å². The maximum atomic E-state index is 11.4. The minimum atomic E-state index is -2.14. The maximum absolute atomic E-state index is 11.4. The van der Waals surface area contributed by atoms with Gasteiger partial charge in [-0.2, -0.15) is 0 Å². The third-order valence-electron chi connectivity index (χ3n) is 1.80. The van der Waals surface area contributed by atoms with Crippen LogP contribution in [0.15, 0.2) is 0 Å². The van der Waals surface area contributed by atoms with Crippen molar-refractivity contribution in [2.75, 3.05) is 26.7 Å². The quantitative estimate of drug-likeness (QED) is 0.477. The third-order valence-corrected chi connectivity index (χ3v) is 8.74. The molecule has 0 rings (SSSR count). The van der Waals surface area contributed by atoms with E-state index in [1.165, 1.54) is 0 Å². The number of rotatable bonds is 2. The van der Waals surface area contributed by atoms with Gasteiger partial charge in [-0.25, -0.2) is 0 Å². The van der Waals surface area contributed by atoms with Crippen LogP contribution in [-0.4, -0.2) is 32.1 Å². The van der Waals surface area contributed by atoms with Crippen LogP contribution < -0.4 is 0 Å². The van der Waals surface area contributed by atoms with Crippen LogP contribution in [0, 0.1) is 0 Å². The van der Waals surface area contributed by atoms with Crippen molar-refractivity contribution in [3.63, 3.8) is 0 Å². The summed E-state index contributed by atoms with van der Waals surface area (Å²) in [6.07, 6.45) is 0. The summed E-state index contributed by atoms with van der Waals surface area (Å²) >= 11 is 4.24. The molecule has 76 valence electrons. The molecule has 0 heterocycles. The van der Waals surface area contributed by atoms with E-state index in [1.54, 1.807) is 26.7 Å². The summed E-state index contributed by atoms with van der Waals surface area (Å²) in [7, 11) is -4.28. The first-order chi connectivity index (χ1) is 5.15. The van der Waals surface area contributed by atoms with Crippen LogP contribution >= 0.6 is 51.5 Å². The molecule has 0 bridgehead atoms. The first kappa shape index (κ1) is 16.4. The molecule has 0 aliphatic rings. The van der Waals surface area contributed by atoms with Crippen molar-refractivity contribution in [2.45, 2.75) is 12.3 Å². The summed E-state index contributed by atoms with van der Waals surface area (Å²) < 4.78 is 22.8. The van der Waals surface area contributed by atoms with Crippen LogP contribution in [-0.2, 0) is 9.13 Å². The predicted molar refractivity (Wildman–Crippen MR) is 76.4 cm³/mol. The highest BCUT2D eigenvalue weighted by molar-refractivity contribution is 15.0. The Morgan fingerprint density at radius 2 is 1.08 bits per heavy atom. The van der Waals surface area contributed by atoms with Crippen LogP contribution in [0.5, 0.6) is 0 Å². The van der Waals surface area contributed by atoms with Gasteiger partial charge in [0.2, 0.25) is 0 Å². The molecule has 6 heteroatoms. The summed E-state index contributed by atoms with van der Waals surface area (Å²) in [4.78, 5) is 0. The monoisotopic (exact) mass is 436 g/mol.